The first-order valence-corrected chi connectivity index (χ1v) is 11.9. The van der Waals surface area contributed by atoms with E-state index >= 15 is 0 Å². The van der Waals surface area contributed by atoms with Gasteiger partial charge < -0.3 is 15.0 Å². The number of hydrogen-bond donors (Lipinski definition) is 1. The Morgan fingerprint density at radius 1 is 1.00 bits per heavy atom. The lowest BCUT2D eigenvalue weighted by atomic mass is 10.1. The molecule has 0 saturated heterocycles. The maximum Gasteiger partial charge on any atom is 0.258 e. The lowest BCUT2D eigenvalue weighted by Crippen LogP contribution is -2.31. The van der Waals surface area contributed by atoms with Gasteiger partial charge in [-0.05, 0) is 64.7 Å². The van der Waals surface area contributed by atoms with E-state index in [0.29, 0.717) is 35.7 Å². The van der Waals surface area contributed by atoms with Crippen LogP contribution < -0.4 is 15.0 Å². The summed E-state index contributed by atoms with van der Waals surface area (Å²) in [6, 6.07) is 22.4. The highest BCUT2D eigenvalue weighted by Gasteiger charge is 2.20. The third-order valence-corrected chi connectivity index (χ3v) is 5.91. The molecule has 0 aliphatic carbocycles. The van der Waals surface area contributed by atoms with Crippen molar-refractivity contribution in [3.05, 3.63) is 94.0 Å². The van der Waals surface area contributed by atoms with E-state index < -0.39 is 0 Å². The number of nitrogens with one attached hydrogen (secondary N) is 1. The molecule has 3 aromatic carbocycles. The average molecular weight is 509 g/mol. The van der Waals surface area contributed by atoms with Crippen LogP contribution in [0, 0.1) is 0 Å². The minimum absolute atomic E-state index is 0.206. The number of benzene rings is 3. The van der Waals surface area contributed by atoms with Crippen molar-refractivity contribution in [3.63, 3.8) is 0 Å². The van der Waals surface area contributed by atoms with Gasteiger partial charge in [-0.3, -0.25) is 9.59 Å². The molecule has 0 saturated carbocycles. The third kappa shape index (κ3) is 6.68. The van der Waals surface area contributed by atoms with Crippen LogP contribution in [0.1, 0.15) is 46.0 Å². The minimum Gasteiger partial charge on any atom is -0.492 e. The van der Waals surface area contributed by atoms with Crippen LogP contribution >= 0.6 is 15.9 Å². The van der Waals surface area contributed by atoms with Crippen LogP contribution in [0.2, 0.25) is 0 Å². The minimum atomic E-state index is -0.208. The Hall–Kier alpha value is -3.12. The summed E-state index contributed by atoms with van der Waals surface area (Å²) in [5, 5.41) is 2.96. The zero-order valence-corrected chi connectivity index (χ0v) is 20.6. The van der Waals surface area contributed by atoms with Crippen LogP contribution in [0.25, 0.3) is 0 Å². The van der Waals surface area contributed by atoms with E-state index in [-0.39, 0.29) is 11.8 Å². The van der Waals surface area contributed by atoms with Crippen molar-refractivity contribution in [1.29, 1.82) is 0 Å². The van der Waals surface area contributed by atoms with E-state index in [4.69, 9.17) is 4.74 Å². The van der Waals surface area contributed by atoms with Crippen LogP contribution in [0.5, 0.6) is 5.75 Å². The molecule has 2 amide bonds. The van der Waals surface area contributed by atoms with Crippen LogP contribution in [0.15, 0.2) is 77.3 Å². The maximum atomic E-state index is 13.2. The van der Waals surface area contributed by atoms with Crippen LogP contribution in [-0.4, -0.2) is 32.0 Å². The van der Waals surface area contributed by atoms with Gasteiger partial charge in [-0.25, -0.2) is 0 Å². The fourth-order valence-electron chi connectivity index (χ4n) is 3.40. The van der Waals surface area contributed by atoms with Crippen molar-refractivity contribution in [2.24, 2.45) is 0 Å². The van der Waals surface area contributed by atoms with Gasteiger partial charge in [0.25, 0.3) is 11.8 Å². The number of rotatable bonds is 10. The highest BCUT2D eigenvalue weighted by Crippen LogP contribution is 2.28. The molecule has 172 valence electrons. The Morgan fingerprint density at radius 2 is 1.73 bits per heavy atom. The Bertz CT molecular complexity index is 1090. The summed E-state index contributed by atoms with van der Waals surface area (Å²) >= 11 is 3.50. The number of nitrogens with zero attached hydrogens (tertiary/aromatic N) is 1. The standard InChI is InChI=1S/C27H29BrN2O3/c1-3-4-18-33-25-15-14-21(19-23(25)28)27(32)30(2)24-13-9-8-12-22(24)26(31)29-17-16-20-10-6-5-7-11-20/h5-15,19H,3-4,16-18H2,1-2H3,(H,29,31). The van der Waals surface area contributed by atoms with Crippen LogP contribution in [0.4, 0.5) is 5.69 Å². The number of anilines is 1. The molecular weight excluding hydrogens is 480 g/mol. The molecule has 0 fully saturated rings. The van der Waals surface area contributed by atoms with Gasteiger partial charge >= 0.3 is 0 Å². The fraction of sp³-hybridized carbons (Fsp3) is 0.259. The monoisotopic (exact) mass is 508 g/mol. The van der Waals surface area contributed by atoms with Crippen molar-refractivity contribution in [2.45, 2.75) is 26.2 Å². The molecule has 5 nitrogen and oxygen atoms in total. The predicted molar refractivity (Wildman–Crippen MR) is 136 cm³/mol. The Kier molecular flexibility index (Phi) is 9.07. The third-order valence-electron chi connectivity index (χ3n) is 5.29. The Labute approximate surface area is 203 Å². The van der Waals surface area contributed by atoms with Crippen molar-refractivity contribution in [3.8, 4) is 5.75 Å². The first kappa shape index (κ1) is 24.5. The number of unbranched alkanes of at least 4 members (excludes halogenated alkanes) is 1. The number of ether oxygens (including phenoxy) is 1. The van der Waals surface area contributed by atoms with Gasteiger partial charge in [0.05, 0.1) is 22.3 Å². The highest BCUT2D eigenvalue weighted by molar-refractivity contribution is 9.10. The summed E-state index contributed by atoms with van der Waals surface area (Å²) in [6.45, 7) is 3.26. The smallest absolute Gasteiger partial charge is 0.258 e. The second kappa shape index (κ2) is 12.2. The molecule has 0 aliphatic heterocycles. The number of para-hydroxylation sites is 1. The summed E-state index contributed by atoms with van der Waals surface area (Å²) < 4.78 is 6.48. The first-order valence-electron chi connectivity index (χ1n) is 11.1. The Balaban J connectivity index is 1.69. The van der Waals surface area contributed by atoms with Crippen molar-refractivity contribution in [2.75, 3.05) is 25.1 Å². The Morgan fingerprint density at radius 3 is 2.45 bits per heavy atom. The molecule has 0 heterocycles. The highest BCUT2D eigenvalue weighted by atomic mass is 79.9. The molecule has 1 N–H and O–H groups in total. The van der Waals surface area contributed by atoms with E-state index in [1.807, 2.05) is 36.4 Å². The number of carbonyl (C=O) groups is 2. The quantitative estimate of drug-likeness (QED) is 0.348. The van der Waals surface area contributed by atoms with Crippen molar-refractivity contribution < 1.29 is 14.3 Å². The molecule has 0 aliphatic rings. The van der Waals surface area contributed by atoms with E-state index in [2.05, 4.69) is 28.2 Å². The average Bonchev–Trinajstić information content (AvgIpc) is 2.84. The molecule has 0 spiro atoms. The molecule has 0 aromatic heterocycles. The molecular formula is C27H29BrN2O3. The number of carbonyl (C=O) groups excluding carboxylic acids is 2. The summed E-state index contributed by atoms with van der Waals surface area (Å²) in [5.41, 5.74) is 2.68. The topological polar surface area (TPSA) is 58.6 Å². The second-order valence-electron chi connectivity index (χ2n) is 7.72. The summed E-state index contributed by atoms with van der Waals surface area (Å²) in [6.07, 6.45) is 2.77. The number of halogens is 1. The summed E-state index contributed by atoms with van der Waals surface area (Å²) in [4.78, 5) is 27.6. The normalized spacial score (nSPS) is 10.5. The van der Waals surface area contributed by atoms with Gasteiger partial charge in [-0.15, -0.1) is 0 Å². The second-order valence-corrected chi connectivity index (χ2v) is 8.57. The molecule has 0 bridgehead atoms. The maximum absolute atomic E-state index is 13.2. The van der Waals surface area contributed by atoms with Crippen molar-refractivity contribution >= 4 is 33.4 Å². The van der Waals surface area contributed by atoms with Gasteiger partial charge in [-0.2, -0.15) is 0 Å². The van der Waals surface area contributed by atoms with E-state index in [9.17, 15) is 9.59 Å². The lowest BCUT2D eigenvalue weighted by molar-refractivity contribution is 0.0954. The SMILES string of the molecule is CCCCOc1ccc(C(=O)N(C)c2ccccc2C(=O)NCCc2ccccc2)cc1Br. The molecule has 0 radical (unpaired) electrons. The summed E-state index contributed by atoms with van der Waals surface area (Å²) in [5.74, 6) is 0.295. The van der Waals surface area contributed by atoms with Crippen LogP contribution in [0.3, 0.4) is 0 Å². The zero-order chi connectivity index (χ0) is 23.6. The molecule has 0 unspecified atom stereocenters. The summed E-state index contributed by atoms with van der Waals surface area (Å²) in [7, 11) is 1.68. The van der Waals surface area contributed by atoms with Gasteiger partial charge in [0.2, 0.25) is 0 Å². The van der Waals surface area contributed by atoms with E-state index in [0.717, 1.165) is 29.3 Å². The van der Waals surface area contributed by atoms with Gasteiger partial charge in [0.15, 0.2) is 0 Å². The molecule has 6 heteroatoms. The zero-order valence-electron chi connectivity index (χ0n) is 19.0. The predicted octanol–water partition coefficient (Wildman–Crippen LogP) is 5.88. The first-order chi connectivity index (χ1) is 16.0. The van der Waals surface area contributed by atoms with Crippen LogP contribution in [-0.2, 0) is 6.42 Å². The van der Waals surface area contributed by atoms with E-state index in [1.165, 1.54) is 4.90 Å². The number of amides is 2. The fourth-order valence-corrected chi connectivity index (χ4v) is 3.89. The van der Waals surface area contributed by atoms with E-state index in [1.54, 1.807) is 43.4 Å². The van der Waals surface area contributed by atoms with Crippen molar-refractivity contribution in [1.82, 2.24) is 5.32 Å². The van der Waals surface area contributed by atoms with Gasteiger partial charge in [-0.1, -0.05) is 55.8 Å². The largest absolute Gasteiger partial charge is 0.492 e. The van der Waals surface area contributed by atoms with Gasteiger partial charge in [0.1, 0.15) is 5.75 Å². The number of hydrogen-bond acceptors (Lipinski definition) is 3. The molecule has 0 atom stereocenters. The molecule has 3 rings (SSSR count). The molecule has 33 heavy (non-hydrogen) atoms. The molecule has 3 aromatic rings. The van der Waals surface area contributed by atoms with Gasteiger partial charge in [0, 0.05) is 19.2 Å². The lowest BCUT2D eigenvalue weighted by Gasteiger charge is -2.21.